The lowest BCUT2D eigenvalue weighted by Crippen LogP contribution is -2.31. The van der Waals surface area contributed by atoms with E-state index >= 15 is 0 Å². The molecule has 4 aromatic carbocycles. The molecule has 5 rings (SSSR count). The van der Waals surface area contributed by atoms with Crippen LogP contribution < -0.4 is 14.8 Å². The van der Waals surface area contributed by atoms with Gasteiger partial charge in [0.2, 0.25) is 0 Å². The van der Waals surface area contributed by atoms with E-state index in [0.717, 1.165) is 11.1 Å². The highest BCUT2D eigenvalue weighted by molar-refractivity contribution is 5.95. The monoisotopic (exact) mass is 507 g/mol. The number of carbonyl (C=O) groups is 1. The number of halogens is 1. The van der Waals surface area contributed by atoms with Crippen LogP contribution in [0.25, 0.3) is 16.9 Å². The summed E-state index contributed by atoms with van der Waals surface area (Å²) in [5, 5.41) is 7.90. The number of nitrogens with one attached hydrogen (secondary N) is 1. The Morgan fingerprint density at radius 2 is 1.45 bits per heavy atom. The van der Waals surface area contributed by atoms with Crippen LogP contribution in [-0.2, 0) is 0 Å². The Hall–Kier alpha value is -4.91. The number of ether oxygens (including phenoxy) is 2. The lowest BCUT2D eigenvalue weighted by molar-refractivity contribution is 0.0935. The Balaban J connectivity index is 1.59. The Bertz CT molecular complexity index is 1490. The predicted molar refractivity (Wildman–Crippen MR) is 144 cm³/mol. The molecule has 0 unspecified atom stereocenters. The standard InChI is InChI=1S/C31H26FN3O3/c1-37-25-17-18-26(29(19-25)38-2)27-20-28(35(34-27)24-15-13-23(32)14-16-24)31(36)33-30(21-9-5-3-6-10-21)22-11-7-4-8-12-22/h3-20,30H,1-2H3,(H,33,36). The van der Waals surface area contributed by atoms with Crippen molar-refractivity contribution in [2.45, 2.75) is 6.04 Å². The fourth-order valence-corrected chi connectivity index (χ4v) is 4.32. The van der Waals surface area contributed by atoms with Gasteiger partial charge in [-0.1, -0.05) is 60.7 Å². The first-order valence-corrected chi connectivity index (χ1v) is 12.1. The van der Waals surface area contributed by atoms with E-state index in [0.29, 0.717) is 34.1 Å². The van der Waals surface area contributed by atoms with E-state index in [1.165, 1.54) is 16.8 Å². The van der Waals surface area contributed by atoms with Crippen molar-refractivity contribution in [2.24, 2.45) is 0 Å². The lowest BCUT2D eigenvalue weighted by atomic mass is 9.98. The molecular formula is C31H26FN3O3. The Morgan fingerprint density at radius 1 is 0.816 bits per heavy atom. The average molecular weight is 508 g/mol. The molecule has 190 valence electrons. The fourth-order valence-electron chi connectivity index (χ4n) is 4.32. The number of methoxy groups -OCH3 is 2. The summed E-state index contributed by atoms with van der Waals surface area (Å²) < 4.78 is 26.1. The van der Waals surface area contributed by atoms with E-state index in [4.69, 9.17) is 14.6 Å². The number of nitrogens with zero attached hydrogens (tertiary/aromatic N) is 2. The van der Waals surface area contributed by atoms with Crippen molar-refractivity contribution in [3.05, 3.63) is 132 Å². The summed E-state index contributed by atoms with van der Waals surface area (Å²) in [6.45, 7) is 0. The van der Waals surface area contributed by atoms with E-state index in [9.17, 15) is 9.18 Å². The Morgan fingerprint density at radius 3 is 2.03 bits per heavy atom. The maximum atomic E-state index is 13.9. The molecular weight excluding hydrogens is 481 g/mol. The Kier molecular flexibility index (Phi) is 7.17. The first kappa shape index (κ1) is 24.8. The molecule has 1 N–H and O–H groups in total. The van der Waals surface area contributed by atoms with Crippen LogP contribution in [0.2, 0.25) is 0 Å². The molecule has 7 heteroatoms. The quantitative estimate of drug-likeness (QED) is 0.271. The maximum absolute atomic E-state index is 13.9. The van der Waals surface area contributed by atoms with Crippen LogP contribution in [0.15, 0.2) is 109 Å². The lowest BCUT2D eigenvalue weighted by Gasteiger charge is -2.20. The molecule has 0 saturated heterocycles. The molecule has 1 aromatic heterocycles. The van der Waals surface area contributed by atoms with Crippen molar-refractivity contribution in [3.8, 4) is 28.4 Å². The van der Waals surface area contributed by atoms with Gasteiger partial charge in [0, 0.05) is 11.6 Å². The summed E-state index contributed by atoms with van der Waals surface area (Å²) in [4.78, 5) is 13.9. The topological polar surface area (TPSA) is 65.4 Å². The molecule has 0 spiro atoms. The minimum absolute atomic E-state index is 0.293. The van der Waals surface area contributed by atoms with Gasteiger partial charge in [-0.2, -0.15) is 5.10 Å². The zero-order valence-corrected chi connectivity index (χ0v) is 21.0. The van der Waals surface area contributed by atoms with Crippen molar-refractivity contribution in [2.75, 3.05) is 14.2 Å². The molecule has 0 aliphatic heterocycles. The predicted octanol–water partition coefficient (Wildman–Crippen LogP) is 6.22. The van der Waals surface area contributed by atoms with Gasteiger partial charge in [-0.15, -0.1) is 0 Å². The van der Waals surface area contributed by atoms with E-state index in [1.807, 2.05) is 66.7 Å². The summed E-state index contributed by atoms with van der Waals surface area (Å²) >= 11 is 0. The van der Waals surface area contributed by atoms with Crippen LogP contribution >= 0.6 is 0 Å². The first-order valence-electron chi connectivity index (χ1n) is 12.1. The van der Waals surface area contributed by atoms with Crippen LogP contribution in [-0.4, -0.2) is 29.9 Å². The van der Waals surface area contributed by atoms with Gasteiger partial charge in [-0.25, -0.2) is 9.07 Å². The summed E-state index contributed by atoms with van der Waals surface area (Å²) in [6.07, 6.45) is 0. The molecule has 38 heavy (non-hydrogen) atoms. The highest BCUT2D eigenvalue weighted by Gasteiger charge is 2.23. The number of benzene rings is 4. The number of hydrogen-bond donors (Lipinski definition) is 1. The fraction of sp³-hybridized carbons (Fsp3) is 0.0968. The molecule has 0 saturated carbocycles. The Labute approximate surface area is 220 Å². The van der Waals surface area contributed by atoms with Crippen molar-refractivity contribution in [3.63, 3.8) is 0 Å². The second-order valence-corrected chi connectivity index (χ2v) is 8.60. The van der Waals surface area contributed by atoms with Crippen molar-refractivity contribution in [1.29, 1.82) is 0 Å². The van der Waals surface area contributed by atoms with E-state index in [1.54, 1.807) is 44.6 Å². The number of aromatic nitrogens is 2. The average Bonchev–Trinajstić information content (AvgIpc) is 3.42. The van der Waals surface area contributed by atoms with E-state index in [2.05, 4.69) is 5.32 Å². The van der Waals surface area contributed by atoms with Crippen LogP contribution in [0.4, 0.5) is 4.39 Å². The molecule has 5 aromatic rings. The minimum atomic E-state index is -0.388. The third-order valence-corrected chi connectivity index (χ3v) is 6.24. The zero-order valence-electron chi connectivity index (χ0n) is 21.0. The minimum Gasteiger partial charge on any atom is -0.497 e. The first-order chi connectivity index (χ1) is 18.6. The van der Waals surface area contributed by atoms with Gasteiger partial charge >= 0.3 is 0 Å². The van der Waals surface area contributed by atoms with Crippen LogP contribution in [0, 0.1) is 5.82 Å². The highest BCUT2D eigenvalue weighted by atomic mass is 19.1. The number of hydrogen-bond acceptors (Lipinski definition) is 4. The van der Waals surface area contributed by atoms with Gasteiger partial charge in [-0.3, -0.25) is 4.79 Å². The number of carbonyl (C=O) groups excluding carboxylic acids is 1. The molecule has 0 atom stereocenters. The van der Waals surface area contributed by atoms with Gasteiger partial charge in [0.15, 0.2) is 0 Å². The van der Waals surface area contributed by atoms with Crippen LogP contribution in [0.3, 0.4) is 0 Å². The van der Waals surface area contributed by atoms with Crippen LogP contribution in [0.5, 0.6) is 11.5 Å². The summed E-state index contributed by atoms with van der Waals surface area (Å²) in [7, 11) is 3.14. The summed E-state index contributed by atoms with van der Waals surface area (Å²) in [6, 6.07) is 32.1. The largest absolute Gasteiger partial charge is 0.497 e. The van der Waals surface area contributed by atoms with Crippen molar-refractivity contribution >= 4 is 5.91 Å². The normalized spacial score (nSPS) is 10.8. The second-order valence-electron chi connectivity index (χ2n) is 8.60. The van der Waals surface area contributed by atoms with Crippen molar-refractivity contribution in [1.82, 2.24) is 15.1 Å². The molecule has 0 radical (unpaired) electrons. The molecule has 1 heterocycles. The van der Waals surface area contributed by atoms with Gasteiger partial charge in [0.05, 0.1) is 31.6 Å². The van der Waals surface area contributed by atoms with Crippen LogP contribution in [0.1, 0.15) is 27.7 Å². The highest BCUT2D eigenvalue weighted by Crippen LogP contribution is 2.34. The maximum Gasteiger partial charge on any atom is 0.270 e. The third-order valence-electron chi connectivity index (χ3n) is 6.24. The molecule has 0 aliphatic rings. The number of amides is 1. The molecule has 0 fully saturated rings. The smallest absolute Gasteiger partial charge is 0.270 e. The molecule has 0 aliphatic carbocycles. The van der Waals surface area contributed by atoms with Gasteiger partial charge in [-0.05, 0) is 53.6 Å². The van der Waals surface area contributed by atoms with E-state index < -0.39 is 0 Å². The summed E-state index contributed by atoms with van der Waals surface area (Å²) in [5.41, 5.74) is 3.93. The molecule has 0 bridgehead atoms. The number of rotatable bonds is 8. The molecule has 6 nitrogen and oxygen atoms in total. The van der Waals surface area contributed by atoms with Gasteiger partial charge in [0.25, 0.3) is 5.91 Å². The van der Waals surface area contributed by atoms with Gasteiger partial charge in [0.1, 0.15) is 23.0 Å². The summed E-state index contributed by atoms with van der Waals surface area (Å²) in [5.74, 6) is 0.469. The second kappa shape index (κ2) is 11.0. The third kappa shape index (κ3) is 5.13. The van der Waals surface area contributed by atoms with Gasteiger partial charge < -0.3 is 14.8 Å². The van der Waals surface area contributed by atoms with E-state index in [-0.39, 0.29) is 17.8 Å². The molecule has 1 amide bonds. The zero-order chi connectivity index (χ0) is 26.5. The van der Waals surface area contributed by atoms with Crippen molar-refractivity contribution < 1.29 is 18.7 Å². The SMILES string of the molecule is COc1ccc(-c2cc(C(=O)NC(c3ccccc3)c3ccccc3)n(-c3ccc(F)cc3)n2)c(OC)c1.